The monoisotopic (exact) mass is 207 g/mol. The number of rotatable bonds is 0. The highest BCUT2D eigenvalue weighted by Gasteiger charge is 2.76. The SMILES string of the molecule is O=C1CC(C(F)(F)F)(C(F)(F)F)N1. The predicted octanol–water partition coefficient (Wildman–Crippen LogP) is 1.37. The summed E-state index contributed by atoms with van der Waals surface area (Å²) in [6, 6.07) is 0. The second kappa shape index (κ2) is 2.30. The molecule has 0 unspecified atom stereocenters. The van der Waals surface area contributed by atoms with Gasteiger partial charge in [0.1, 0.15) is 0 Å². The van der Waals surface area contributed by atoms with Crippen molar-refractivity contribution in [2.24, 2.45) is 0 Å². The molecule has 0 atom stereocenters. The van der Waals surface area contributed by atoms with Crippen LogP contribution in [0.25, 0.3) is 0 Å². The minimum absolute atomic E-state index is 0.847. The normalized spacial score (nSPS) is 22.2. The maximum absolute atomic E-state index is 11.9. The van der Waals surface area contributed by atoms with E-state index in [0.29, 0.717) is 0 Å². The Morgan fingerprint density at radius 3 is 1.46 bits per heavy atom. The summed E-state index contributed by atoms with van der Waals surface area (Å²) in [5.74, 6) is -1.25. The van der Waals surface area contributed by atoms with Crippen LogP contribution in [-0.4, -0.2) is 23.8 Å². The topological polar surface area (TPSA) is 29.1 Å². The number of carbonyl (C=O) groups excluding carboxylic acids is 1. The standard InChI is InChI=1S/C5H3F6NO/c6-4(7,8)3(5(9,10)11)1-2(13)12-3/h1H2,(H,12,13). The van der Waals surface area contributed by atoms with E-state index in [1.54, 1.807) is 0 Å². The van der Waals surface area contributed by atoms with E-state index in [1.807, 2.05) is 0 Å². The van der Waals surface area contributed by atoms with Crippen molar-refractivity contribution < 1.29 is 31.1 Å². The zero-order chi connectivity index (χ0) is 10.5. The van der Waals surface area contributed by atoms with Gasteiger partial charge in [0.15, 0.2) is 0 Å². The van der Waals surface area contributed by atoms with E-state index in [4.69, 9.17) is 0 Å². The largest absolute Gasteiger partial charge is 0.421 e. The molecule has 2 nitrogen and oxygen atoms in total. The molecule has 0 aliphatic carbocycles. The Labute approximate surface area is 67.9 Å². The van der Waals surface area contributed by atoms with Crippen LogP contribution < -0.4 is 5.32 Å². The van der Waals surface area contributed by atoms with E-state index in [9.17, 15) is 31.1 Å². The predicted molar refractivity (Wildman–Crippen MR) is 27.6 cm³/mol. The van der Waals surface area contributed by atoms with Crippen molar-refractivity contribution in [2.45, 2.75) is 24.3 Å². The van der Waals surface area contributed by atoms with Crippen LogP contribution in [0.3, 0.4) is 0 Å². The molecule has 76 valence electrons. The lowest BCUT2D eigenvalue weighted by Gasteiger charge is -2.43. The van der Waals surface area contributed by atoms with Gasteiger partial charge < -0.3 is 5.32 Å². The van der Waals surface area contributed by atoms with Crippen molar-refractivity contribution in [1.82, 2.24) is 5.32 Å². The van der Waals surface area contributed by atoms with E-state index in [2.05, 4.69) is 0 Å². The molecule has 0 bridgehead atoms. The van der Waals surface area contributed by atoms with Crippen molar-refractivity contribution in [2.75, 3.05) is 0 Å². The van der Waals surface area contributed by atoms with Gasteiger partial charge in [-0.3, -0.25) is 4.79 Å². The molecule has 1 rings (SSSR count). The Hall–Kier alpha value is -0.950. The smallest absolute Gasteiger partial charge is 0.334 e. The zero-order valence-corrected chi connectivity index (χ0v) is 5.88. The van der Waals surface area contributed by atoms with Gasteiger partial charge in [-0.15, -0.1) is 0 Å². The number of halogens is 6. The fourth-order valence-corrected chi connectivity index (χ4v) is 0.963. The summed E-state index contributed by atoms with van der Waals surface area (Å²) in [6.07, 6.45) is -12.6. The molecule has 0 aromatic heterocycles. The molecule has 13 heavy (non-hydrogen) atoms. The molecule has 1 aliphatic rings. The first kappa shape index (κ1) is 10.1. The molecule has 0 radical (unpaired) electrons. The summed E-state index contributed by atoms with van der Waals surface area (Å²) in [5, 5.41) is 0.847. The molecule has 8 heteroatoms. The van der Waals surface area contributed by atoms with Gasteiger partial charge in [0.05, 0.1) is 6.42 Å². The summed E-state index contributed by atoms with van der Waals surface area (Å²) in [6.45, 7) is 0. The maximum atomic E-state index is 11.9. The lowest BCUT2D eigenvalue weighted by molar-refractivity contribution is -0.318. The average molecular weight is 207 g/mol. The molecule has 1 heterocycles. The summed E-state index contributed by atoms with van der Waals surface area (Å²) in [7, 11) is 0. The highest BCUT2D eigenvalue weighted by atomic mass is 19.4. The average Bonchev–Trinajstić information content (AvgIpc) is 1.74. The third kappa shape index (κ3) is 1.24. The van der Waals surface area contributed by atoms with Gasteiger partial charge in [0.25, 0.3) is 0 Å². The summed E-state index contributed by atoms with van der Waals surface area (Å²) in [4.78, 5) is 10.1. The van der Waals surface area contributed by atoms with Crippen molar-refractivity contribution in [1.29, 1.82) is 0 Å². The Bertz CT molecular complexity index is 216. The second-order valence-corrected chi connectivity index (χ2v) is 2.63. The maximum Gasteiger partial charge on any atom is 0.421 e. The zero-order valence-electron chi connectivity index (χ0n) is 5.88. The molecule has 1 aliphatic heterocycles. The Balaban J connectivity index is 2.99. The van der Waals surface area contributed by atoms with Gasteiger partial charge in [-0.25, -0.2) is 0 Å². The minimum Gasteiger partial charge on any atom is -0.334 e. The highest BCUT2D eigenvalue weighted by molar-refractivity contribution is 5.85. The Morgan fingerprint density at radius 2 is 1.38 bits per heavy atom. The molecule has 0 aromatic rings. The van der Waals surface area contributed by atoms with Gasteiger partial charge in [-0.1, -0.05) is 0 Å². The van der Waals surface area contributed by atoms with Crippen LogP contribution in [0.5, 0.6) is 0 Å². The van der Waals surface area contributed by atoms with Crippen molar-refractivity contribution in [3.8, 4) is 0 Å². The van der Waals surface area contributed by atoms with Crippen LogP contribution in [0, 0.1) is 0 Å². The number of nitrogens with one attached hydrogen (secondary N) is 1. The van der Waals surface area contributed by atoms with Crippen LogP contribution in [-0.2, 0) is 4.79 Å². The lowest BCUT2D eigenvalue weighted by Crippen LogP contribution is -2.76. The molecule has 1 saturated heterocycles. The molecular formula is C5H3F6NO. The van der Waals surface area contributed by atoms with E-state index in [-0.39, 0.29) is 0 Å². The molecule has 1 amide bonds. The quantitative estimate of drug-likeness (QED) is 0.471. The molecule has 0 saturated carbocycles. The second-order valence-electron chi connectivity index (χ2n) is 2.63. The summed E-state index contributed by atoms with van der Waals surface area (Å²) in [5.41, 5.74) is -4.03. The fourth-order valence-electron chi connectivity index (χ4n) is 0.963. The van der Waals surface area contributed by atoms with Gasteiger partial charge in [-0.05, 0) is 0 Å². The lowest BCUT2D eigenvalue weighted by atomic mass is 9.85. The van der Waals surface area contributed by atoms with Crippen molar-refractivity contribution in [3.05, 3.63) is 0 Å². The first-order valence-corrected chi connectivity index (χ1v) is 3.05. The van der Waals surface area contributed by atoms with Crippen LogP contribution in [0.2, 0.25) is 0 Å². The third-order valence-corrected chi connectivity index (χ3v) is 1.75. The number of carbonyl (C=O) groups is 1. The van der Waals surface area contributed by atoms with Crippen molar-refractivity contribution >= 4 is 5.91 Å². The van der Waals surface area contributed by atoms with E-state index >= 15 is 0 Å². The Kier molecular flexibility index (Phi) is 1.79. The van der Waals surface area contributed by atoms with Crippen LogP contribution in [0.1, 0.15) is 6.42 Å². The molecular weight excluding hydrogens is 204 g/mol. The first-order chi connectivity index (χ1) is 5.60. The summed E-state index contributed by atoms with van der Waals surface area (Å²) < 4.78 is 71.3. The van der Waals surface area contributed by atoms with Crippen molar-refractivity contribution in [3.63, 3.8) is 0 Å². The molecule has 0 aromatic carbocycles. The Morgan fingerprint density at radius 1 is 1.08 bits per heavy atom. The number of amides is 1. The minimum atomic E-state index is -5.50. The highest BCUT2D eigenvalue weighted by Crippen LogP contribution is 2.48. The van der Waals surface area contributed by atoms with E-state index in [0.717, 1.165) is 5.32 Å². The summed E-state index contributed by atoms with van der Waals surface area (Å²) >= 11 is 0. The van der Waals surface area contributed by atoms with E-state index < -0.39 is 30.2 Å². The number of β-lactam (4-membered cyclic amide) rings is 1. The van der Waals surface area contributed by atoms with Crippen LogP contribution in [0.15, 0.2) is 0 Å². The van der Waals surface area contributed by atoms with Gasteiger partial charge in [0.2, 0.25) is 11.4 Å². The molecule has 0 spiro atoms. The van der Waals surface area contributed by atoms with Gasteiger partial charge >= 0.3 is 12.4 Å². The third-order valence-electron chi connectivity index (χ3n) is 1.75. The van der Waals surface area contributed by atoms with Gasteiger partial charge in [-0.2, -0.15) is 26.3 Å². The fraction of sp³-hybridized carbons (Fsp3) is 0.800. The first-order valence-electron chi connectivity index (χ1n) is 3.05. The van der Waals surface area contributed by atoms with Gasteiger partial charge in [0, 0.05) is 0 Å². The number of alkyl halides is 6. The molecule has 1 N–H and O–H groups in total. The number of hydrogen-bond donors (Lipinski definition) is 1. The van der Waals surface area contributed by atoms with E-state index in [1.165, 1.54) is 0 Å². The van der Waals surface area contributed by atoms with Crippen LogP contribution in [0.4, 0.5) is 26.3 Å². The molecule has 1 fully saturated rings. The number of hydrogen-bond acceptors (Lipinski definition) is 1. The van der Waals surface area contributed by atoms with Crippen LogP contribution >= 0.6 is 0 Å².